The van der Waals surface area contributed by atoms with Crippen LogP contribution in [-0.4, -0.2) is 24.6 Å². The molecule has 0 N–H and O–H groups in total. The fourth-order valence-electron chi connectivity index (χ4n) is 1.86. The van der Waals surface area contributed by atoms with Crippen molar-refractivity contribution in [2.75, 3.05) is 18.6 Å². The monoisotopic (exact) mass is 294 g/mol. The number of benzene rings is 1. The predicted octanol–water partition coefficient (Wildman–Crippen LogP) is 3.54. The Labute approximate surface area is 120 Å². The van der Waals surface area contributed by atoms with Crippen LogP contribution in [0.2, 0.25) is 0 Å². The molecule has 0 fully saturated rings. The van der Waals surface area contributed by atoms with Gasteiger partial charge in [-0.25, -0.2) is 14.2 Å². The maximum absolute atomic E-state index is 13.9. The van der Waals surface area contributed by atoms with Crippen LogP contribution in [-0.2, 0) is 4.74 Å². The highest BCUT2D eigenvalue weighted by Crippen LogP contribution is 2.33. The van der Waals surface area contributed by atoms with E-state index in [1.54, 1.807) is 30.0 Å². The van der Waals surface area contributed by atoms with Gasteiger partial charge in [0, 0.05) is 6.54 Å². The van der Waals surface area contributed by atoms with Crippen LogP contribution in [0.4, 0.5) is 15.2 Å². The van der Waals surface area contributed by atoms with Gasteiger partial charge in [0.15, 0.2) is 5.13 Å². The molecular formula is C14H15FN2O2S. The topological polar surface area (TPSA) is 42.4 Å². The fourth-order valence-corrected chi connectivity index (χ4v) is 2.92. The Kier molecular flexibility index (Phi) is 4.34. The van der Waals surface area contributed by atoms with Crippen molar-refractivity contribution in [3.05, 3.63) is 40.7 Å². The first-order chi connectivity index (χ1) is 9.58. The second-order valence-corrected chi connectivity index (χ2v) is 5.08. The standard InChI is InChI=1S/C14H15FN2O2S/c1-4-17(11-8-6-5-7-10(11)15)14-16-9(2)12(20-14)13(18)19-3/h5-8H,4H2,1-3H3. The number of aryl methyl sites for hydroxylation is 1. The van der Waals surface area contributed by atoms with Crippen LogP contribution < -0.4 is 4.90 Å². The maximum Gasteiger partial charge on any atom is 0.350 e. The predicted molar refractivity (Wildman–Crippen MR) is 77.3 cm³/mol. The summed E-state index contributed by atoms with van der Waals surface area (Å²) in [6.07, 6.45) is 0. The maximum atomic E-state index is 13.9. The Morgan fingerprint density at radius 3 is 2.75 bits per heavy atom. The average Bonchev–Trinajstić information content (AvgIpc) is 2.83. The van der Waals surface area contributed by atoms with Gasteiger partial charge in [-0.2, -0.15) is 0 Å². The zero-order valence-corrected chi connectivity index (χ0v) is 12.3. The first-order valence-electron chi connectivity index (χ1n) is 6.16. The number of hydrogen-bond acceptors (Lipinski definition) is 5. The molecule has 2 rings (SSSR count). The minimum Gasteiger partial charge on any atom is -0.465 e. The molecule has 4 nitrogen and oxygen atoms in total. The van der Waals surface area contributed by atoms with Crippen LogP contribution in [0.5, 0.6) is 0 Å². The molecule has 0 aliphatic heterocycles. The zero-order chi connectivity index (χ0) is 14.7. The van der Waals surface area contributed by atoms with Crippen molar-refractivity contribution >= 4 is 28.1 Å². The molecule has 0 atom stereocenters. The molecule has 0 aliphatic rings. The number of carbonyl (C=O) groups excluding carboxylic acids is 1. The van der Waals surface area contributed by atoms with E-state index in [1.807, 2.05) is 6.92 Å². The molecule has 1 aromatic carbocycles. The molecule has 0 bridgehead atoms. The van der Waals surface area contributed by atoms with E-state index in [0.29, 0.717) is 27.9 Å². The lowest BCUT2D eigenvalue weighted by Crippen LogP contribution is -2.17. The van der Waals surface area contributed by atoms with Gasteiger partial charge in [-0.05, 0) is 26.0 Å². The number of ether oxygens (including phenoxy) is 1. The van der Waals surface area contributed by atoms with Gasteiger partial charge in [0.2, 0.25) is 0 Å². The quantitative estimate of drug-likeness (QED) is 0.809. The molecule has 0 spiro atoms. The average molecular weight is 294 g/mol. The highest BCUT2D eigenvalue weighted by atomic mass is 32.1. The van der Waals surface area contributed by atoms with Crippen molar-refractivity contribution in [2.24, 2.45) is 0 Å². The fraction of sp³-hybridized carbons (Fsp3) is 0.286. The molecule has 0 amide bonds. The third kappa shape index (κ3) is 2.65. The first-order valence-corrected chi connectivity index (χ1v) is 6.98. The molecule has 0 saturated carbocycles. The van der Waals surface area contributed by atoms with E-state index in [9.17, 15) is 9.18 Å². The number of anilines is 2. The molecule has 1 heterocycles. The normalized spacial score (nSPS) is 10.4. The van der Waals surface area contributed by atoms with E-state index in [4.69, 9.17) is 4.74 Å². The van der Waals surface area contributed by atoms with Gasteiger partial charge in [-0.15, -0.1) is 0 Å². The Balaban J connectivity index is 2.43. The summed E-state index contributed by atoms with van der Waals surface area (Å²) in [7, 11) is 1.33. The number of thiazole rings is 1. The van der Waals surface area contributed by atoms with Crippen LogP contribution in [0.3, 0.4) is 0 Å². The number of aromatic nitrogens is 1. The lowest BCUT2D eigenvalue weighted by atomic mass is 10.3. The van der Waals surface area contributed by atoms with Crippen molar-refractivity contribution in [1.29, 1.82) is 0 Å². The highest BCUT2D eigenvalue weighted by molar-refractivity contribution is 7.17. The SMILES string of the molecule is CCN(c1nc(C)c(C(=O)OC)s1)c1ccccc1F. The van der Waals surface area contributed by atoms with E-state index >= 15 is 0 Å². The smallest absolute Gasteiger partial charge is 0.350 e. The van der Waals surface area contributed by atoms with Crippen LogP contribution in [0.1, 0.15) is 22.3 Å². The third-order valence-corrected chi connectivity index (χ3v) is 4.01. The van der Waals surface area contributed by atoms with Gasteiger partial charge < -0.3 is 9.64 Å². The Hall–Kier alpha value is -1.95. The number of methoxy groups -OCH3 is 1. The Morgan fingerprint density at radius 1 is 1.45 bits per heavy atom. The summed E-state index contributed by atoms with van der Waals surface area (Å²) >= 11 is 1.20. The molecule has 106 valence electrons. The Morgan fingerprint density at radius 2 is 2.15 bits per heavy atom. The van der Waals surface area contributed by atoms with Gasteiger partial charge in [0.25, 0.3) is 0 Å². The number of halogens is 1. The largest absolute Gasteiger partial charge is 0.465 e. The van der Waals surface area contributed by atoms with Gasteiger partial charge in [0.05, 0.1) is 18.5 Å². The summed E-state index contributed by atoms with van der Waals surface area (Å²) in [5.74, 6) is -0.738. The summed E-state index contributed by atoms with van der Waals surface area (Å²) in [5, 5.41) is 0.579. The zero-order valence-electron chi connectivity index (χ0n) is 11.5. The van der Waals surface area contributed by atoms with Crippen LogP contribution in [0.15, 0.2) is 24.3 Å². The summed E-state index contributed by atoms with van der Waals surface area (Å²) in [4.78, 5) is 18.1. The van der Waals surface area contributed by atoms with Crippen molar-refractivity contribution in [3.8, 4) is 0 Å². The van der Waals surface area contributed by atoms with Gasteiger partial charge in [0.1, 0.15) is 10.7 Å². The molecular weight excluding hydrogens is 279 g/mol. The molecule has 6 heteroatoms. The molecule has 20 heavy (non-hydrogen) atoms. The number of esters is 1. The van der Waals surface area contributed by atoms with Crippen molar-refractivity contribution < 1.29 is 13.9 Å². The van der Waals surface area contributed by atoms with Crippen molar-refractivity contribution in [3.63, 3.8) is 0 Å². The summed E-state index contributed by atoms with van der Waals surface area (Å²) in [6, 6.07) is 6.50. The number of para-hydroxylation sites is 1. The van der Waals surface area contributed by atoms with Gasteiger partial charge >= 0.3 is 5.97 Å². The van der Waals surface area contributed by atoms with Crippen LogP contribution >= 0.6 is 11.3 Å². The third-order valence-electron chi connectivity index (χ3n) is 2.85. The molecule has 0 radical (unpaired) electrons. The molecule has 1 aromatic heterocycles. The summed E-state index contributed by atoms with van der Waals surface area (Å²) in [6.45, 7) is 4.19. The van der Waals surface area contributed by atoms with Crippen molar-refractivity contribution in [1.82, 2.24) is 4.98 Å². The van der Waals surface area contributed by atoms with Crippen molar-refractivity contribution in [2.45, 2.75) is 13.8 Å². The second kappa shape index (κ2) is 6.00. The number of nitrogens with zero attached hydrogens (tertiary/aromatic N) is 2. The van der Waals surface area contributed by atoms with E-state index < -0.39 is 5.97 Å². The number of rotatable bonds is 4. The number of carbonyl (C=O) groups is 1. The van der Waals surface area contributed by atoms with Crippen LogP contribution in [0, 0.1) is 12.7 Å². The highest BCUT2D eigenvalue weighted by Gasteiger charge is 2.20. The Bertz CT molecular complexity index is 627. The first kappa shape index (κ1) is 14.5. The van der Waals surface area contributed by atoms with E-state index in [2.05, 4.69) is 4.98 Å². The summed E-state index contributed by atoms with van der Waals surface area (Å²) < 4.78 is 18.6. The van der Waals surface area contributed by atoms with E-state index in [1.165, 1.54) is 24.5 Å². The second-order valence-electron chi connectivity index (χ2n) is 4.10. The lowest BCUT2D eigenvalue weighted by molar-refractivity contribution is 0.0605. The lowest BCUT2D eigenvalue weighted by Gasteiger charge is -2.20. The van der Waals surface area contributed by atoms with E-state index in [0.717, 1.165) is 0 Å². The minimum atomic E-state index is -0.421. The van der Waals surface area contributed by atoms with E-state index in [-0.39, 0.29) is 5.82 Å². The molecule has 2 aromatic rings. The molecule has 0 saturated heterocycles. The van der Waals surface area contributed by atoms with Gasteiger partial charge in [-0.1, -0.05) is 23.5 Å². The minimum absolute atomic E-state index is 0.318. The molecule has 0 aliphatic carbocycles. The number of hydrogen-bond donors (Lipinski definition) is 0. The van der Waals surface area contributed by atoms with Gasteiger partial charge in [-0.3, -0.25) is 0 Å². The van der Waals surface area contributed by atoms with Crippen LogP contribution in [0.25, 0.3) is 0 Å². The molecule has 0 unspecified atom stereocenters. The summed E-state index contributed by atoms with van der Waals surface area (Å²) in [5.41, 5.74) is 1.03.